The van der Waals surface area contributed by atoms with Crippen molar-refractivity contribution in [1.82, 2.24) is 4.90 Å². The second-order valence-corrected chi connectivity index (χ2v) is 8.59. The summed E-state index contributed by atoms with van der Waals surface area (Å²) in [6.07, 6.45) is 1.19. The molecule has 1 aromatic carbocycles. The summed E-state index contributed by atoms with van der Waals surface area (Å²) in [6.45, 7) is 4.79. The lowest BCUT2D eigenvalue weighted by molar-refractivity contribution is -0.149. The van der Waals surface area contributed by atoms with Crippen LogP contribution in [0.1, 0.15) is 26.3 Å². The summed E-state index contributed by atoms with van der Waals surface area (Å²) in [4.78, 5) is 49.1. The first kappa shape index (κ1) is 25.0. The number of hydrogen-bond donors (Lipinski definition) is 0. The van der Waals surface area contributed by atoms with Crippen LogP contribution in [0.4, 0.5) is 4.79 Å². The number of benzene rings is 1. The molecule has 1 fully saturated rings. The van der Waals surface area contributed by atoms with Gasteiger partial charge >= 0.3 is 11.9 Å². The van der Waals surface area contributed by atoms with Crippen molar-refractivity contribution in [2.45, 2.75) is 26.9 Å². The quantitative estimate of drug-likeness (QED) is 0.254. The zero-order valence-electron chi connectivity index (χ0n) is 17.4. The maximum Gasteiger partial charge on any atom is 0.343 e. The molecule has 0 unspecified atom stereocenters. The van der Waals surface area contributed by atoms with Crippen LogP contribution in [-0.2, 0) is 23.9 Å². The number of ether oxygens (including phenoxy) is 4. The van der Waals surface area contributed by atoms with E-state index in [1.54, 1.807) is 32.9 Å². The summed E-state index contributed by atoms with van der Waals surface area (Å²) >= 11 is 2.76. The van der Waals surface area contributed by atoms with Crippen molar-refractivity contribution >= 4 is 63.5 Å². The van der Waals surface area contributed by atoms with E-state index in [9.17, 15) is 19.2 Å². The smallest absolute Gasteiger partial charge is 0.343 e. The molecule has 0 N–H and O–H groups in total. The fourth-order valence-electron chi connectivity index (χ4n) is 2.48. The molecule has 1 aliphatic heterocycles. The Balaban J connectivity index is 2.26. The van der Waals surface area contributed by atoms with Gasteiger partial charge < -0.3 is 18.9 Å². The Hall–Kier alpha value is -2.28. The van der Waals surface area contributed by atoms with E-state index in [0.717, 1.165) is 16.7 Å². The van der Waals surface area contributed by atoms with Crippen molar-refractivity contribution < 1.29 is 38.1 Å². The van der Waals surface area contributed by atoms with Crippen LogP contribution in [0.2, 0.25) is 0 Å². The molecular formula is C20H22INO8S. The monoisotopic (exact) mass is 563 g/mol. The highest BCUT2D eigenvalue weighted by atomic mass is 127. The number of rotatable bonds is 9. The van der Waals surface area contributed by atoms with Gasteiger partial charge in [-0.25, -0.2) is 4.79 Å². The van der Waals surface area contributed by atoms with Gasteiger partial charge in [0.15, 0.2) is 18.1 Å². The molecule has 1 aromatic rings. The molecule has 31 heavy (non-hydrogen) atoms. The Labute approximate surface area is 197 Å². The van der Waals surface area contributed by atoms with Crippen molar-refractivity contribution in [2.75, 3.05) is 26.9 Å². The minimum Gasteiger partial charge on any atom is -0.490 e. The van der Waals surface area contributed by atoms with Crippen LogP contribution in [0.25, 0.3) is 6.08 Å². The van der Waals surface area contributed by atoms with Crippen molar-refractivity contribution in [3.8, 4) is 11.5 Å². The summed E-state index contributed by atoms with van der Waals surface area (Å²) in [7, 11) is 1.26. The molecule has 11 heteroatoms. The first-order valence-corrected chi connectivity index (χ1v) is 11.2. The molecule has 0 atom stereocenters. The number of halogens is 1. The van der Waals surface area contributed by atoms with Gasteiger partial charge in [0.2, 0.25) is 0 Å². The number of carbonyl (C=O) groups is 4. The van der Waals surface area contributed by atoms with E-state index in [1.165, 1.54) is 13.2 Å². The van der Waals surface area contributed by atoms with Crippen LogP contribution < -0.4 is 9.47 Å². The lowest BCUT2D eigenvalue weighted by Gasteiger charge is -2.14. The second kappa shape index (κ2) is 11.4. The highest BCUT2D eigenvalue weighted by Crippen LogP contribution is 2.37. The van der Waals surface area contributed by atoms with Gasteiger partial charge in [-0.2, -0.15) is 0 Å². The van der Waals surface area contributed by atoms with Gasteiger partial charge in [-0.05, 0) is 78.9 Å². The molecule has 9 nitrogen and oxygen atoms in total. The zero-order valence-corrected chi connectivity index (χ0v) is 20.4. The lowest BCUT2D eigenvalue weighted by Crippen LogP contribution is -2.35. The molecule has 1 saturated heterocycles. The third-order valence-corrected chi connectivity index (χ3v) is 5.43. The summed E-state index contributed by atoms with van der Waals surface area (Å²) in [5.41, 5.74) is 0.591. The van der Waals surface area contributed by atoms with Crippen LogP contribution >= 0.6 is 34.4 Å². The van der Waals surface area contributed by atoms with Crippen molar-refractivity contribution in [1.29, 1.82) is 0 Å². The number of carbonyl (C=O) groups excluding carboxylic acids is 4. The van der Waals surface area contributed by atoms with E-state index in [-0.39, 0.29) is 17.6 Å². The first-order valence-electron chi connectivity index (χ1n) is 9.27. The molecule has 1 aliphatic rings. The predicted molar refractivity (Wildman–Crippen MR) is 122 cm³/mol. The van der Waals surface area contributed by atoms with E-state index < -0.39 is 29.6 Å². The molecule has 1 heterocycles. The summed E-state index contributed by atoms with van der Waals surface area (Å²) < 4.78 is 21.3. The van der Waals surface area contributed by atoms with Gasteiger partial charge in [-0.15, -0.1) is 0 Å². The van der Waals surface area contributed by atoms with Crippen LogP contribution in [0.15, 0.2) is 17.0 Å². The number of thioether (sulfide) groups is 1. The molecular weight excluding hydrogens is 541 g/mol. The fourth-order valence-corrected chi connectivity index (χ4v) is 4.10. The van der Waals surface area contributed by atoms with Crippen LogP contribution in [-0.4, -0.2) is 61.0 Å². The van der Waals surface area contributed by atoms with Crippen molar-refractivity contribution in [3.05, 3.63) is 26.2 Å². The maximum absolute atomic E-state index is 12.6. The molecule has 0 bridgehead atoms. The van der Waals surface area contributed by atoms with Gasteiger partial charge in [0.05, 0.1) is 28.3 Å². The molecule has 0 saturated carbocycles. The standard InChI is InChI=1S/C20H22INO8S/c1-5-28-14-7-12(6-13(21)18(14)29-10-17(24)27-4)8-15-19(25)22(20(26)31-15)9-16(23)30-11(2)3/h6-8,11H,5,9-10H2,1-4H3/b15-8+. The van der Waals surface area contributed by atoms with Crippen molar-refractivity contribution in [3.63, 3.8) is 0 Å². The Bertz CT molecular complexity index is 915. The average molecular weight is 563 g/mol. The topological polar surface area (TPSA) is 108 Å². The number of imide groups is 1. The maximum atomic E-state index is 12.6. The van der Waals surface area contributed by atoms with Gasteiger partial charge in [0.25, 0.3) is 11.1 Å². The molecule has 0 aliphatic carbocycles. The summed E-state index contributed by atoms with van der Waals surface area (Å²) in [6, 6.07) is 3.36. The second-order valence-electron chi connectivity index (χ2n) is 6.43. The number of esters is 2. The normalized spacial score (nSPS) is 14.9. The fraction of sp³-hybridized carbons (Fsp3) is 0.400. The Kier molecular flexibility index (Phi) is 9.16. The molecule has 168 valence electrons. The zero-order chi connectivity index (χ0) is 23.1. The predicted octanol–water partition coefficient (Wildman–Crippen LogP) is 3.23. The number of amides is 2. The van der Waals surface area contributed by atoms with E-state index in [2.05, 4.69) is 4.74 Å². The summed E-state index contributed by atoms with van der Waals surface area (Å²) in [5, 5.41) is -0.547. The Morgan fingerprint density at radius 1 is 1.19 bits per heavy atom. The Morgan fingerprint density at radius 3 is 2.52 bits per heavy atom. The number of nitrogens with zero attached hydrogens (tertiary/aromatic N) is 1. The molecule has 0 radical (unpaired) electrons. The molecule has 0 aromatic heterocycles. The average Bonchev–Trinajstić information content (AvgIpc) is 2.94. The molecule has 2 amide bonds. The lowest BCUT2D eigenvalue weighted by atomic mass is 10.2. The van der Waals surface area contributed by atoms with E-state index in [1.807, 2.05) is 22.6 Å². The van der Waals surface area contributed by atoms with E-state index in [4.69, 9.17) is 14.2 Å². The van der Waals surface area contributed by atoms with Crippen LogP contribution in [0.3, 0.4) is 0 Å². The third-order valence-electron chi connectivity index (χ3n) is 3.72. The highest BCUT2D eigenvalue weighted by Gasteiger charge is 2.36. The minimum absolute atomic E-state index is 0.170. The Morgan fingerprint density at radius 2 is 1.90 bits per heavy atom. The van der Waals surface area contributed by atoms with Crippen LogP contribution in [0.5, 0.6) is 11.5 Å². The van der Waals surface area contributed by atoms with Gasteiger partial charge in [0.1, 0.15) is 6.54 Å². The van der Waals surface area contributed by atoms with E-state index >= 15 is 0 Å². The number of hydrogen-bond acceptors (Lipinski definition) is 9. The SMILES string of the molecule is CCOc1cc(/C=C2/SC(=O)N(CC(=O)OC(C)C)C2=O)cc(I)c1OCC(=O)OC. The van der Waals surface area contributed by atoms with Gasteiger partial charge in [0, 0.05) is 0 Å². The molecule has 0 spiro atoms. The summed E-state index contributed by atoms with van der Waals surface area (Å²) in [5.74, 6) is -1.01. The minimum atomic E-state index is -0.654. The molecule has 2 rings (SSSR count). The van der Waals surface area contributed by atoms with Crippen molar-refractivity contribution in [2.24, 2.45) is 0 Å². The third kappa shape index (κ3) is 6.86. The highest BCUT2D eigenvalue weighted by molar-refractivity contribution is 14.1. The first-order chi connectivity index (χ1) is 14.7. The largest absolute Gasteiger partial charge is 0.490 e. The number of methoxy groups -OCH3 is 1. The van der Waals surface area contributed by atoms with Crippen LogP contribution in [0, 0.1) is 3.57 Å². The van der Waals surface area contributed by atoms with E-state index in [0.29, 0.717) is 27.2 Å². The van der Waals surface area contributed by atoms with Gasteiger partial charge in [-0.3, -0.25) is 19.3 Å². The van der Waals surface area contributed by atoms with Gasteiger partial charge in [-0.1, -0.05) is 0 Å².